The number of hydrogen-bond donors (Lipinski definition) is 1. The minimum absolute atomic E-state index is 0.464. The number of nitrogens with two attached hydrogens (primary N) is 1. The van der Waals surface area contributed by atoms with Crippen molar-refractivity contribution >= 4 is 16.3 Å². The van der Waals surface area contributed by atoms with E-state index < -0.39 is 0 Å². The van der Waals surface area contributed by atoms with Gasteiger partial charge in [0.1, 0.15) is 5.75 Å². The van der Waals surface area contributed by atoms with Gasteiger partial charge in [-0.25, -0.2) is 4.52 Å². The van der Waals surface area contributed by atoms with Crippen molar-refractivity contribution in [3.63, 3.8) is 0 Å². The summed E-state index contributed by atoms with van der Waals surface area (Å²) < 4.78 is 7.22. The molecule has 0 aliphatic heterocycles. The van der Waals surface area contributed by atoms with Gasteiger partial charge < -0.3 is 10.5 Å². The highest BCUT2D eigenvalue weighted by Gasteiger charge is 2.10. The minimum Gasteiger partial charge on any atom is -0.494 e. The van der Waals surface area contributed by atoms with Crippen molar-refractivity contribution in [1.29, 1.82) is 0 Å². The lowest BCUT2D eigenvalue weighted by Crippen LogP contribution is -2.01. The zero-order chi connectivity index (χ0) is 13.2. The van der Waals surface area contributed by atoms with Gasteiger partial charge >= 0.3 is 0 Å². The number of fused-ring (bicyclic) bond motifs is 1. The highest BCUT2D eigenvalue weighted by molar-refractivity contribution is 7.15. The van der Waals surface area contributed by atoms with Crippen LogP contribution in [0.1, 0.15) is 12.6 Å². The number of nitrogens with zero attached hydrogens (tertiary/aromatic N) is 3. The number of thiazole rings is 1. The van der Waals surface area contributed by atoms with Crippen LogP contribution in [0.5, 0.6) is 5.75 Å². The molecule has 0 spiro atoms. The molecule has 0 amide bonds. The summed E-state index contributed by atoms with van der Waals surface area (Å²) in [6.45, 7) is 3.09. The van der Waals surface area contributed by atoms with Gasteiger partial charge in [0, 0.05) is 17.5 Å². The molecule has 0 aliphatic carbocycles. The van der Waals surface area contributed by atoms with Crippen LogP contribution in [-0.2, 0) is 6.54 Å². The molecule has 0 atom stereocenters. The van der Waals surface area contributed by atoms with Crippen LogP contribution in [0.2, 0.25) is 0 Å². The zero-order valence-corrected chi connectivity index (χ0v) is 11.4. The van der Waals surface area contributed by atoms with Crippen LogP contribution >= 0.6 is 11.3 Å². The lowest BCUT2D eigenvalue weighted by Gasteiger charge is -2.02. The zero-order valence-electron chi connectivity index (χ0n) is 10.5. The van der Waals surface area contributed by atoms with E-state index in [1.165, 1.54) is 0 Å². The normalized spacial score (nSPS) is 11.1. The lowest BCUT2D eigenvalue weighted by atomic mass is 10.2. The Morgan fingerprint density at radius 3 is 2.79 bits per heavy atom. The smallest absolute Gasteiger partial charge is 0.212 e. The van der Waals surface area contributed by atoms with E-state index in [0.717, 1.165) is 22.0 Å². The van der Waals surface area contributed by atoms with E-state index in [2.05, 4.69) is 10.1 Å². The van der Waals surface area contributed by atoms with Crippen LogP contribution in [0.3, 0.4) is 0 Å². The summed E-state index contributed by atoms with van der Waals surface area (Å²) in [5, 5.41) is 6.47. The summed E-state index contributed by atoms with van der Waals surface area (Å²) in [6.07, 6.45) is 0. The largest absolute Gasteiger partial charge is 0.494 e. The molecule has 2 aromatic heterocycles. The second-order valence-corrected chi connectivity index (χ2v) is 4.85. The van der Waals surface area contributed by atoms with E-state index in [9.17, 15) is 0 Å². The van der Waals surface area contributed by atoms with Crippen LogP contribution < -0.4 is 10.5 Å². The van der Waals surface area contributed by atoms with E-state index in [-0.39, 0.29) is 0 Å². The fourth-order valence-corrected chi connectivity index (χ4v) is 2.69. The fourth-order valence-electron chi connectivity index (χ4n) is 1.86. The third-order valence-electron chi connectivity index (χ3n) is 2.78. The second kappa shape index (κ2) is 4.99. The van der Waals surface area contributed by atoms with Crippen LogP contribution in [0.25, 0.3) is 16.3 Å². The van der Waals surface area contributed by atoms with Gasteiger partial charge in [0.15, 0.2) is 5.82 Å². The Labute approximate surface area is 114 Å². The molecule has 6 heteroatoms. The Kier molecular flexibility index (Phi) is 3.18. The van der Waals surface area contributed by atoms with Gasteiger partial charge in [0.2, 0.25) is 4.96 Å². The van der Waals surface area contributed by atoms with E-state index >= 15 is 0 Å². The Hall–Kier alpha value is -1.92. The van der Waals surface area contributed by atoms with Crippen molar-refractivity contribution < 1.29 is 4.74 Å². The van der Waals surface area contributed by atoms with Gasteiger partial charge in [0.05, 0.1) is 12.3 Å². The van der Waals surface area contributed by atoms with Crippen LogP contribution in [-0.4, -0.2) is 21.2 Å². The van der Waals surface area contributed by atoms with Crippen molar-refractivity contribution in [2.75, 3.05) is 6.61 Å². The highest BCUT2D eigenvalue weighted by atomic mass is 32.1. The third-order valence-corrected chi connectivity index (χ3v) is 3.65. The van der Waals surface area contributed by atoms with Crippen molar-refractivity contribution in [1.82, 2.24) is 14.6 Å². The van der Waals surface area contributed by atoms with Crippen molar-refractivity contribution in [2.45, 2.75) is 13.5 Å². The average molecular weight is 274 g/mol. The summed E-state index contributed by atoms with van der Waals surface area (Å²) in [6, 6.07) is 7.79. The van der Waals surface area contributed by atoms with Crippen LogP contribution in [0.15, 0.2) is 29.6 Å². The first-order chi connectivity index (χ1) is 9.31. The quantitative estimate of drug-likeness (QED) is 0.793. The highest BCUT2D eigenvalue weighted by Crippen LogP contribution is 2.22. The number of benzene rings is 1. The molecule has 2 heterocycles. The number of rotatable bonds is 4. The number of aromatic nitrogens is 3. The van der Waals surface area contributed by atoms with Gasteiger partial charge in [0.25, 0.3) is 0 Å². The first-order valence-corrected chi connectivity index (χ1v) is 6.96. The van der Waals surface area contributed by atoms with Crippen molar-refractivity contribution in [3.05, 3.63) is 35.3 Å². The Balaban J connectivity index is 1.96. The van der Waals surface area contributed by atoms with Gasteiger partial charge in [-0.3, -0.25) is 0 Å². The number of ether oxygens (including phenoxy) is 1. The predicted molar refractivity (Wildman–Crippen MR) is 75.4 cm³/mol. The Bertz CT molecular complexity index is 686. The van der Waals surface area contributed by atoms with Crippen molar-refractivity contribution in [3.8, 4) is 17.1 Å². The van der Waals surface area contributed by atoms with E-state index in [4.69, 9.17) is 10.5 Å². The second-order valence-electron chi connectivity index (χ2n) is 4.02. The molecule has 0 bridgehead atoms. The van der Waals surface area contributed by atoms with Gasteiger partial charge in [-0.2, -0.15) is 4.98 Å². The van der Waals surface area contributed by atoms with Crippen LogP contribution in [0.4, 0.5) is 0 Å². The molecule has 0 saturated heterocycles. The topological polar surface area (TPSA) is 65.4 Å². The molecule has 0 aliphatic rings. The molecule has 0 radical (unpaired) electrons. The molecule has 2 N–H and O–H groups in total. The molecule has 0 saturated carbocycles. The molecule has 0 unspecified atom stereocenters. The average Bonchev–Trinajstić information content (AvgIpc) is 2.99. The molecular formula is C13H14N4OS. The van der Waals surface area contributed by atoms with E-state index in [0.29, 0.717) is 19.0 Å². The summed E-state index contributed by atoms with van der Waals surface area (Å²) in [5.41, 5.74) is 7.61. The summed E-state index contributed by atoms with van der Waals surface area (Å²) in [5.74, 6) is 1.57. The lowest BCUT2D eigenvalue weighted by molar-refractivity contribution is 0.340. The number of hydrogen-bond acceptors (Lipinski definition) is 5. The molecule has 0 fully saturated rings. The standard InChI is InChI=1S/C13H14N4OS/c1-2-18-11-5-3-9(4-6-11)12-15-13-17(16-12)10(7-14)8-19-13/h3-6,8H,2,7,14H2,1H3. The summed E-state index contributed by atoms with van der Waals surface area (Å²) >= 11 is 1.55. The molecule has 19 heavy (non-hydrogen) atoms. The van der Waals surface area contributed by atoms with Gasteiger partial charge in [-0.1, -0.05) is 0 Å². The Morgan fingerprint density at radius 2 is 2.11 bits per heavy atom. The predicted octanol–water partition coefficient (Wildman–Crippen LogP) is 2.32. The molecule has 1 aromatic carbocycles. The summed E-state index contributed by atoms with van der Waals surface area (Å²) in [4.78, 5) is 5.37. The SMILES string of the molecule is CCOc1ccc(-c2nc3scc(CN)n3n2)cc1. The summed E-state index contributed by atoms with van der Waals surface area (Å²) in [7, 11) is 0. The fraction of sp³-hybridized carbons (Fsp3) is 0.231. The maximum absolute atomic E-state index is 5.66. The third kappa shape index (κ3) is 2.20. The maximum atomic E-state index is 5.66. The van der Waals surface area contributed by atoms with Gasteiger partial charge in [-0.05, 0) is 31.2 Å². The van der Waals surface area contributed by atoms with Crippen molar-refractivity contribution in [2.24, 2.45) is 5.73 Å². The maximum Gasteiger partial charge on any atom is 0.212 e. The molecular weight excluding hydrogens is 260 g/mol. The molecule has 3 rings (SSSR count). The van der Waals surface area contributed by atoms with E-state index in [1.807, 2.05) is 36.6 Å². The van der Waals surface area contributed by atoms with Crippen LogP contribution in [0, 0.1) is 0 Å². The first kappa shape index (κ1) is 12.1. The molecule has 98 valence electrons. The minimum atomic E-state index is 0.464. The molecule has 5 nitrogen and oxygen atoms in total. The first-order valence-electron chi connectivity index (χ1n) is 6.08. The Morgan fingerprint density at radius 1 is 1.32 bits per heavy atom. The van der Waals surface area contributed by atoms with Gasteiger partial charge in [-0.15, -0.1) is 16.4 Å². The molecule has 3 aromatic rings. The van der Waals surface area contributed by atoms with E-state index in [1.54, 1.807) is 15.9 Å². The monoisotopic (exact) mass is 274 g/mol.